The van der Waals surface area contributed by atoms with Gasteiger partial charge in [0, 0.05) is 26.3 Å². The normalized spacial score (nSPS) is 19.8. The van der Waals surface area contributed by atoms with Crippen molar-refractivity contribution in [2.45, 2.75) is 6.42 Å². The van der Waals surface area contributed by atoms with Gasteiger partial charge in [0.25, 0.3) is 5.91 Å². The molecule has 2 rings (SSSR count). The van der Waals surface area contributed by atoms with E-state index in [1.54, 1.807) is 25.4 Å². The fourth-order valence-corrected chi connectivity index (χ4v) is 2.21. The van der Waals surface area contributed by atoms with Crippen molar-refractivity contribution in [2.75, 3.05) is 39.0 Å². The van der Waals surface area contributed by atoms with Crippen molar-refractivity contribution in [3.8, 4) is 0 Å². The molecule has 2 heterocycles. The first-order valence-corrected chi connectivity index (χ1v) is 6.29. The van der Waals surface area contributed by atoms with Gasteiger partial charge in [-0.25, -0.2) is 4.98 Å². The molecule has 98 valence electrons. The van der Waals surface area contributed by atoms with Crippen LogP contribution < -0.4 is 10.6 Å². The monoisotopic (exact) mass is 248 g/mol. The maximum absolute atomic E-state index is 11.9. The Balaban J connectivity index is 1.83. The van der Waals surface area contributed by atoms with Crippen LogP contribution >= 0.6 is 0 Å². The van der Waals surface area contributed by atoms with Crippen molar-refractivity contribution in [3.05, 3.63) is 23.9 Å². The Morgan fingerprint density at radius 1 is 1.56 bits per heavy atom. The summed E-state index contributed by atoms with van der Waals surface area (Å²) in [6.45, 7) is 2.94. The summed E-state index contributed by atoms with van der Waals surface area (Å²) in [5, 5.41) is 5.90. The number of nitrogens with one attached hydrogen (secondary N) is 2. The lowest BCUT2D eigenvalue weighted by Gasteiger charge is -2.11. The van der Waals surface area contributed by atoms with E-state index in [4.69, 9.17) is 0 Å². The maximum Gasteiger partial charge on any atom is 0.252 e. The molecule has 5 nitrogen and oxygen atoms in total. The van der Waals surface area contributed by atoms with Crippen LogP contribution in [0.2, 0.25) is 0 Å². The standard InChI is InChI=1S/C13H20N4O/c1-14-12-4-3-11(8-15-12)13(18)16-7-10-5-6-17(2)9-10/h3-4,8,10H,5-7,9H2,1-2H3,(H,14,15)(H,16,18). The molecule has 0 radical (unpaired) electrons. The number of amides is 1. The lowest BCUT2D eigenvalue weighted by atomic mass is 10.1. The van der Waals surface area contributed by atoms with Gasteiger partial charge in [0.2, 0.25) is 0 Å². The van der Waals surface area contributed by atoms with Crippen LogP contribution in [0.3, 0.4) is 0 Å². The summed E-state index contributed by atoms with van der Waals surface area (Å²) in [5.74, 6) is 1.30. The van der Waals surface area contributed by atoms with Crippen LogP contribution in [0, 0.1) is 5.92 Å². The van der Waals surface area contributed by atoms with Gasteiger partial charge in [-0.3, -0.25) is 4.79 Å². The largest absolute Gasteiger partial charge is 0.373 e. The molecule has 1 aromatic heterocycles. The summed E-state index contributed by atoms with van der Waals surface area (Å²) in [6, 6.07) is 3.59. The third-order valence-corrected chi connectivity index (χ3v) is 3.32. The van der Waals surface area contributed by atoms with Crippen molar-refractivity contribution in [1.82, 2.24) is 15.2 Å². The Kier molecular flexibility index (Phi) is 4.15. The van der Waals surface area contributed by atoms with Crippen LogP contribution in [0.5, 0.6) is 0 Å². The number of hydrogen-bond acceptors (Lipinski definition) is 4. The third-order valence-electron chi connectivity index (χ3n) is 3.32. The summed E-state index contributed by atoms with van der Waals surface area (Å²) in [6.07, 6.45) is 2.76. The van der Waals surface area contributed by atoms with E-state index in [-0.39, 0.29) is 5.91 Å². The molecule has 2 N–H and O–H groups in total. The Morgan fingerprint density at radius 3 is 2.94 bits per heavy atom. The summed E-state index contributed by atoms with van der Waals surface area (Å²) < 4.78 is 0. The van der Waals surface area contributed by atoms with Crippen LogP contribution in [0.1, 0.15) is 16.8 Å². The van der Waals surface area contributed by atoms with Crippen LogP contribution in [0.4, 0.5) is 5.82 Å². The highest BCUT2D eigenvalue weighted by atomic mass is 16.1. The number of carbonyl (C=O) groups excluding carboxylic acids is 1. The molecule has 1 aliphatic heterocycles. The third kappa shape index (κ3) is 3.20. The number of carbonyl (C=O) groups is 1. The minimum atomic E-state index is -0.0419. The van der Waals surface area contributed by atoms with E-state index in [1.807, 2.05) is 0 Å². The Labute approximate surface area is 108 Å². The molecule has 1 aromatic rings. The molecule has 5 heteroatoms. The van der Waals surface area contributed by atoms with E-state index in [2.05, 4.69) is 27.6 Å². The fourth-order valence-electron chi connectivity index (χ4n) is 2.21. The summed E-state index contributed by atoms with van der Waals surface area (Å²) in [7, 11) is 3.92. The lowest BCUT2D eigenvalue weighted by molar-refractivity contribution is 0.0947. The number of hydrogen-bond donors (Lipinski definition) is 2. The first-order chi connectivity index (χ1) is 8.69. The number of aromatic nitrogens is 1. The van der Waals surface area contributed by atoms with Gasteiger partial charge in [-0.15, -0.1) is 0 Å². The van der Waals surface area contributed by atoms with E-state index in [0.717, 1.165) is 31.9 Å². The number of nitrogens with zero attached hydrogens (tertiary/aromatic N) is 2. The minimum absolute atomic E-state index is 0.0419. The maximum atomic E-state index is 11.9. The molecule has 1 amide bonds. The second-order valence-electron chi connectivity index (χ2n) is 4.81. The second kappa shape index (κ2) is 5.82. The average molecular weight is 248 g/mol. The van der Waals surface area contributed by atoms with Gasteiger partial charge < -0.3 is 15.5 Å². The molecule has 0 bridgehead atoms. The summed E-state index contributed by atoms with van der Waals surface area (Å²) >= 11 is 0. The Bertz CT molecular complexity index is 404. The molecule has 0 aliphatic carbocycles. The predicted octanol–water partition coefficient (Wildman–Crippen LogP) is 0.805. The average Bonchev–Trinajstić information content (AvgIpc) is 2.82. The highest BCUT2D eigenvalue weighted by molar-refractivity contribution is 5.94. The van der Waals surface area contributed by atoms with Gasteiger partial charge in [0.1, 0.15) is 5.82 Å². The smallest absolute Gasteiger partial charge is 0.252 e. The first kappa shape index (κ1) is 12.8. The highest BCUT2D eigenvalue weighted by Gasteiger charge is 2.19. The van der Waals surface area contributed by atoms with Gasteiger partial charge in [0.05, 0.1) is 5.56 Å². The number of rotatable bonds is 4. The molecule has 18 heavy (non-hydrogen) atoms. The summed E-state index contributed by atoms with van der Waals surface area (Å²) in [5.41, 5.74) is 0.611. The molecule has 1 fully saturated rings. The van der Waals surface area contributed by atoms with Crippen molar-refractivity contribution in [2.24, 2.45) is 5.92 Å². The molecule has 0 saturated carbocycles. The van der Waals surface area contributed by atoms with E-state index in [1.165, 1.54) is 0 Å². The van der Waals surface area contributed by atoms with Gasteiger partial charge in [-0.1, -0.05) is 0 Å². The zero-order chi connectivity index (χ0) is 13.0. The van der Waals surface area contributed by atoms with Crippen molar-refractivity contribution in [3.63, 3.8) is 0 Å². The second-order valence-corrected chi connectivity index (χ2v) is 4.81. The zero-order valence-corrected chi connectivity index (χ0v) is 10.9. The van der Waals surface area contributed by atoms with Crippen molar-refractivity contribution in [1.29, 1.82) is 0 Å². The molecular formula is C13H20N4O. The van der Waals surface area contributed by atoms with Crippen molar-refractivity contribution < 1.29 is 4.79 Å². The van der Waals surface area contributed by atoms with E-state index >= 15 is 0 Å². The fraction of sp³-hybridized carbons (Fsp3) is 0.538. The van der Waals surface area contributed by atoms with Gasteiger partial charge in [-0.2, -0.15) is 0 Å². The minimum Gasteiger partial charge on any atom is -0.373 e. The predicted molar refractivity (Wildman–Crippen MR) is 71.7 cm³/mol. The molecule has 0 spiro atoms. The van der Waals surface area contributed by atoms with Crippen LogP contribution in [-0.4, -0.2) is 49.5 Å². The lowest BCUT2D eigenvalue weighted by Crippen LogP contribution is -2.30. The van der Waals surface area contributed by atoms with Gasteiger partial charge in [0.15, 0.2) is 0 Å². The topological polar surface area (TPSA) is 57.3 Å². The Hall–Kier alpha value is -1.62. The highest BCUT2D eigenvalue weighted by Crippen LogP contribution is 2.13. The Morgan fingerprint density at radius 2 is 2.39 bits per heavy atom. The number of likely N-dealkylation sites (tertiary alicyclic amines) is 1. The molecule has 1 saturated heterocycles. The molecule has 1 aliphatic rings. The SMILES string of the molecule is CNc1ccc(C(=O)NCC2CCN(C)C2)cn1. The number of anilines is 1. The first-order valence-electron chi connectivity index (χ1n) is 6.29. The summed E-state index contributed by atoms with van der Waals surface area (Å²) in [4.78, 5) is 18.3. The van der Waals surface area contributed by atoms with Gasteiger partial charge in [-0.05, 0) is 38.1 Å². The van der Waals surface area contributed by atoms with E-state index in [9.17, 15) is 4.79 Å². The van der Waals surface area contributed by atoms with Crippen LogP contribution in [0.15, 0.2) is 18.3 Å². The van der Waals surface area contributed by atoms with E-state index < -0.39 is 0 Å². The van der Waals surface area contributed by atoms with Crippen LogP contribution in [-0.2, 0) is 0 Å². The van der Waals surface area contributed by atoms with Gasteiger partial charge >= 0.3 is 0 Å². The molecule has 1 unspecified atom stereocenters. The van der Waals surface area contributed by atoms with Crippen LogP contribution in [0.25, 0.3) is 0 Å². The molecular weight excluding hydrogens is 228 g/mol. The van der Waals surface area contributed by atoms with Crippen molar-refractivity contribution >= 4 is 11.7 Å². The number of pyridine rings is 1. The van der Waals surface area contributed by atoms with E-state index in [0.29, 0.717) is 11.5 Å². The molecule has 0 aromatic carbocycles. The quantitative estimate of drug-likeness (QED) is 0.827. The molecule has 1 atom stereocenters. The zero-order valence-electron chi connectivity index (χ0n) is 10.9.